The minimum Gasteiger partial charge on any atom is -0.367 e. The Hall–Kier alpha value is -1.84. The summed E-state index contributed by atoms with van der Waals surface area (Å²) in [5.41, 5.74) is 7.91. The number of nitrogens with one attached hydrogen (secondary N) is 1. The van der Waals surface area contributed by atoms with E-state index in [0.717, 1.165) is 12.2 Å². The van der Waals surface area contributed by atoms with Gasteiger partial charge in [-0.15, -0.1) is 5.10 Å². The van der Waals surface area contributed by atoms with Crippen LogP contribution in [-0.2, 0) is 6.42 Å². The zero-order chi connectivity index (χ0) is 9.97. The molecule has 0 aliphatic rings. The lowest BCUT2D eigenvalue weighted by atomic mass is 10.1. The van der Waals surface area contributed by atoms with Crippen LogP contribution in [-0.4, -0.2) is 15.2 Å². The summed E-state index contributed by atoms with van der Waals surface area (Å²) in [6.45, 7) is 2.08. The van der Waals surface area contributed by atoms with E-state index in [9.17, 15) is 0 Å². The third-order valence-electron chi connectivity index (χ3n) is 2.17. The number of aryl methyl sites for hydroxylation is 1. The Morgan fingerprint density at radius 3 is 2.79 bits per heavy atom. The smallest absolute Gasteiger partial charge is 0.239 e. The van der Waals surface area contributed by atoms with E-state index in [2.05, 4.69) is 34.2 Å². The fraction of sp³-hybridized carbons (Fsp3) is 0.200. The molecule has 2 rings (SSSR count). The number of benzene rings is 1. The van der Waals surface area contributed by atoms with Gasteiger partial charge in [-0.05, 0) is 18.1 Å². The van der Waals surface area contributed by atoms with E-state index in [0.29, 0.717) is 5.95 Å². The predicted molar refractivity (Wildman–Crippen MR) is 54.8 cm³/mol. The van der Waals surface area contributed by atoms with Gasteiger partial charge in [0.05, 0.1) is 0 Å². The summed E-state index contributed by atoms with van der Waals surface area (Å²) < 4.78 is 0. The first-order valence-electron chi connectivity index (χ1n) is 4.47. The average molecular weight is 188 g/mol. The Labute approximate surface area is 82.2 Å². The van der Waals surface area contributed by atoms with Gasteiger partial charge in [0.1, 0.15) is 5.82 Å². The van der Waals surface area contributed by atoms with Crippen molar-refractivity contribution in [2.45, 2.75) is 13.3 Å². The average Bonchev–Trinajstić information content (AvgIpc) is 2.56. The Bertz CT molecular complexity index is 433. The summed E-state index contributed by atoms with van der Waals surface area (Å²) >= 11 is 0. The highest BCUT2D eigenvalue weighted by molar-refractivity contribution is 5.28. The maximum absolute atomic E-state index is 5.42. The molecule has 0 atom stereocenters. The van der Waals surface area contributed by atoms with Crippen molar-refractivity contribution in [2.24, 2.45) is 0 Å². The summed E-state index contributed by atoms with van der Waals surface area (Å²) in [6, 6.07) is 8.19. The van der Waals surface area contributed by atoms with Gasteiger partial charge in [0.15, 0.2) is 0 Å². The summed E-state index contributed by atoms with van der Waals surface area (Å²) in [5, 5.41) is 6.58. The Balaban J connectivity index is 2.23. The maximum atomic E-state index is 5.42. The number of hydrogen-bond donors (Lipinski definition) is 2. The van der Waals surface area contributed by atoms with Crippen LogP contribution in [0, 0.1) is 6.92 Å². The Morgan fingerprint density at radius 2 is 2.14 bits per heavy atom. The number of nitrogen functional groups attached to an aromatic ring is 1. The maximum Gasteiger partial charge on any atom is 0.239 e. The van der Waals surface area contributed by atoms with Gasteiger partial charge >= 0.3 is 0 Å². The van der Waals surface area contributed by atoms with Crippen LogP contribution < -0.4 is 5.73 Å². The van der Waals surface area contributed by atoms with Crippen LogP contribution >= 0.6 is 0 Å². The third-order valence-corrected chi connectivity index (χ3v) is 2.17. The van der Waals surface area contributed by atoms with Crippen molar-refractivity contribution in [1.82, 2.24) is 15.2 Å². The molecule has 3 N–H and O–H groups in total. The molecule has 4 heteroatoms. The highest BCUT2D eigenvalue weighted by Crippen LogP contribution is 2.10. The topological polar surface area (TPSA) is 67.6 Å². The molecule has 0 bridgehead atoms. The SMILES string of the molecule is Cc1ccccc1Cc1nc(N)n[nH]1. The standard InChI is InChI=1S/C10H12N4/c1-7-4-2-3-5-8(7)6-9-12-10(11)14-13-9/h2-5H,6H2,1H3,(H3,11,12,13,14). The van der Waals surface area contributed by atoms with E-state index in [4.69, 9.17) is 5.73 Å². The van der Waals surface area contributed by atoms with Crippen LogP contribution in [0.15, 0.2) is 24.3 Å². The van der Waals surface area contributed by atoms with Crippen molar-refractivity contribution >= 4 is 5.95 Å². The van der Waals surface area contributed by atoms with Crippen molar-refractivity contribution in [2.75, 3.05) is 5.73 Å². The second-order valence-electron chi connectivity index (χ2n) is 3.24. The summed E-state index contributed by atoms with van der Waals surface area (Å²) in [6.07, 6.45) is 0.747. The Kier molecular flexibility index (Phi) is 2.18. The summed E-state index contributed by atoms with van der Waals surface area (Å²) in [5.74, 6) is 1.10. The lowest BCUT2D eigenvalue weighted by Crippen LogP contribution is -1.93. The molecule has 0 fully saturated rings. The number of nitrogens with zero attached hydrogens (tertiary/aromatic N) is 2. The molecule has 1 aromatic heterocycles. The van der Waals surface area contributed by atoms with Crippen molar-refractivity contribution < 1.29 is 0 Å². The molecule has 72 valence electrons. The molecule has 0 saturated heterocycles. The first kappa shape index (κ1) is 8.74. The molecule has 2 aromatic rings. The summed E-state index contributed by atoms with van der Waals surface area (Å²) in [7, 11) is 0. The fourth-order valence-corrected chi connectivity index (χ4v) is 1.38. The van der Waals surface area contributed by atoms with Gasteiger partial charge in [-0.3, -0.25) is 5.10 Å². The second kappa shape index (κ2) is 3.49. The molecule has 0 saturated carbocycles. The van der Waals surface area contributed by atoms with Crippen LogP contribution in [0.25, 0.3) is 0 Å². The van der Waals surface area contributed by atoms with E-state index in [1.807, 2.05) is 12.1 Å². The van der Waals surface area contributed by atoms with E-state index in [1.165, 1.54) is 11.1 Å². The molecule has 0 aliphatic carbocycles. The lowest BCUT2D eigenvalue weighted by molar-refractivity contribution is 0.966. The number of rotatable bonds is 2. The van der Waals surface area contributed by atoms with E-state index in [1.54, 1.807) is 0 Å². The van der Waals surface area contributed by atoms with Crippen LogP contribution in [0.1, 0.15) is 17.0 Å². The number of anilines is 1. The van der Waals surface area contributed by atoms with Crippen molar-refractivity contribution in [3.63, 3.8) is 0 Å². The molecule has 0 radical (unpaired) electrons. The first-order valence-corrected chi connectivity index (χ1v) is 4.47. The van der Waals surface area contributed by atoms with Gasteiger partial charge in [-0.25, -0.2) is 0 Å². The van der Waals surface area contributed by atoms with E-state index < -0.39 is 0 Å². The number of aromatic nitrogens is 3. The van der Waals surface area contributed by atoms with Crippen LogP contribution in [0.5, 0.6) is 0 Å². The quantitative estimate of drug-likeness (QED) is 0.746. The molecule has 4 nitrogen and oxygen atoms in total. The van der Waals surface area contributed by atoms with Crippen molar-refractivity contribution in [3.05, 3.63) is 41.2 Å². The molecule has 1 heterocycles. The van der Waals surface area contributed by atoms with Gasteiger partial charge in [-0.1, -0.05) is 24.3 Å². The third kappa shape index (κ3) is 1.74. The molecular formula is C10H12N4. The van der Waals surface area contributed by atoms with E-state index in [-0.39, 0.29) is 0 Å². The molecule has 0 amide bonds. The van der Waals surface area contributed by atoms with Crippen LogP contribution in [0.3, 0.4) is 0 Å². The highest BCUT2D eigenvalue weighted by Gasteiger charge is 2.02. The summed E-state index contributed by atoms with van der Waals surface area (Å²) in [4.78, 5) is 4.06. The minimum absolute atomic E-state index is 0.300. The van der Waals surface area contributed by atoms with Crippen molar-refractivity contribution in [1.29, 1.82) is 0 Å². The monoisotopic (exact) mass is 188 g/mol. The number of nitrogens with two attached hydrogens (primary N) is 1. The number of hydrogen-bond acceptors (Lipinski definition) is 3. The molecule has 14 heavy (non-hydrogen) atoms. The van der Waals surface area contributed by atoms with Gasteiger partial charge in [0, 0.05) is 6.42 Å². The zero-order valence-electron chi connectivity index (χ0n) is 7.99. The Morgan fingerprint density at radius 1 is 1.36 bits per heavy atom. The van der Waals surface area contributed by atoms with Gasteiger partial charge in [0.25, 0.3) is 0 Å². The first-order chi connectivity index (χ1) is 6.75. The molecular weight excluding hydrogens is 176 g/mol. The second-order valence-corrected chi connectivity index (χ2v) is 3.24. The minimum atomic E-state index is 0.300. The molecule has 0 aliphatic heterocycles. The van der Waals surface area contributed by atoms with Crippen molar-refractivity contribution in [3.8, 4) is 0 Å². The van der Waals surface area contributed by atoms with Crippen LogP contribution in [0.4, 0.5) is 5.95 Å². The predicted octanol–water partition coefficient (Wildman–Crippen LogP) is 1.29. The lowest BCUT2D eigenvalue weighted by Gasteiger charge is -2.01. The number of H-pyrrole nitrogens is 1. The number of aromatic amines is 1. The van der Waals surface area contributed by atoms with Crippen LogP contribution in [0.2, 0.25) is 0 Å². The highest BCUT2D eigenvalue weighted by atomic mass is 15.3. The molecule has 0 spiro atoms. The van der Waals surface area contributed by atoms with Gasteiger partial charge < -0.3 is 5.73 Å². The van der Waals surface area contributed by atoms with Gasteiger partial charge in [-0.2, -0.15) is 4.98 Å². The normalized spacial score (nSPS) is 10.4. The largest absolute Gasteiger partial charge is 0.367 e. The van der Waals surface area contributed by atoms with Gasteiger partial charge in [0.2, 0.25) is 5.95 Å². The van der Waals surface area contributed by atoms with E-state index >= 15 is 0 Å². The molecule has 1 aromatic carbocycles. The molecule has 0 unspecified atom stereocenters. The fourth-order valence-electron chi connectivity index (χ4n) is 1.38. The zero-order valence-corrected chi connectivity index (χ0v) is 7.99.